The number of fused-ring (bicyclic) bond motifs is 1. The lowest BCUT2D eigenvalue weighted by Crippen LogP contribution is -2.20. The van der Waals surface area contributed by atoms with Crippen LogP contribution in [-0.4, -0.2) is 22.7 Å². The van der Waals surface area contributed by atoms with Crippen molar-refractivity contribution in [2.24, 2.45) is 0 Å². The highest BCUT2D eigenvalue weighted by molar-refractivity contribution is 6.06. The van der Waals surface area contributed by atoms with Crippen LogP contribution in [0, 0.1) is 0 Å². The second-order valence-corrected chi connectivity index (χ2v) is 7.26. The van der Waals surface area contributed by atoms with Crippen molar-refractivity contribution >= 4 is 34.1 Å². The molecule has 0 saturated carbocycles. The average Bonchev–Trinajstić information content (AvgIpc) is 3.17. The standard InChI is InChI=1S/C23H20F3N5O2/c1-33-20-6-5-15(23(24,25)26)12-18(20)30-22(32)29-17-3-2-4-19-16(17)8-10-31(19)13-14-7-9-28-21(27)11-14/h2-12H,13H2,1H3,(H2,27,28)(H2,29,30,32). The molecule has 2 heterocycles. The third kappa shape index (κ3) is 4.84. The van der Waals surface area contributed by atoms with E-state index < -0.39 is 17.8 Å². The van der Waals surface area contributed by atoms with E-state index >= 15 is 0 Å². The van der Waals surface area contributed by atoms with Gasteiger partial charge in [0.1, 0.15) is 11.6 Å². The molecular weight excluding hydrogens is 435 g/mol. The molecular formula is C23H20F3N5O2. The number of pyridine rings is 1. The number of alkyl halides is 3. The predicted octanol–water partition coefficient (Wildman–Crippen LogP) is 5.34. The first-order valence-electron chi connectivity index (χ1n) is 9.86. The van der Waals surface area contributed by atoms with Gasteiger partial charge in [-0.05, 0) is 54.1 Å². The molecule has 0 atom stereocenters. The molecule has 4 N–H and O–H groups in total. The van der Waals surface area contributed by atoms with Gasteiger partial charge < -0.3 is 25.7 Å². The number of hydrogen-bond acceptors (Lipinski definition) is 4. The number of urea groups is 1. The quantitative estimate of drug-likeness (QED) is 0.379. The Morgan fingerprint density at radius 1 is 1.09 bits per heavy atom. The molecule has 2 aromatic carbocycles. The number of ether oxygens (including phenoxy) is 1. The van der Waals surface area contributed by atoms with Gasteiger partial charge in [-0.1, -0.05) is 6.07 Å². The number of nitrogens with one attached hydrogen (secondary N) is 2. The summed E-state index contributed by atoms with van der Waals surface area (Å²) in [7, 11) is 1.31. The summed E-state index contributed by atoms with van der Waals surface area (Å²) >= 11 is 0. The van der Waals surface area contributed by atoms with Gasteiger partial charge in [0.15, 0.2) is 0 Å². The van der Waals surface area contributed by atoms with Crippen molar-refractivity contribution in [3.05, 3.63) is 78.1 Å². The fourth-order valence-electron chi connectivity index (χ4n) is 3.52. The molecule has 0 aliphatic carbocycles. The molecule has 2 aromatic heterocycles. The molecule has 7 nitrogen and oxygen atoms in total. The molecule has 4 rings (SSSR count). The van der Waals surface area contributed by atoms with E-state index in [1.807, 2.05) is 29.0 Å². The van der Waals surface area contributed by atoms with Crippen LogP contribution < -0.4 is 21.1 Å². The van der Waals surface area contributed by atoms with Gasteiger partial charge in [0.2, 0.25) is 0 Å². The third-order valence-corrected chi connectivity index (χ3v) is 5.04. The molecule has 0 aliphatic rings. The number of halogens is 3. The van der Waals surface area contributed by atoms with Gasteiger partial charge in [0.05, 0.1) is 29.6 Å². The van der Waals surface area contributed by atoms with E-state index in [-0.39, 0.29) is 11.4 Å². The zero-order valence-corrected chi connectivity index (χ0v) is 17.5. The van der Waals surface area contributed by atoms with Crippen molar-refractivity contribution in [2.45, 2.75) is 12.7 Å². The maximum atomic E-state index is 13.1. The highest BCUT2D eigenvalue weighted by Crippen LogP contribution is 2.35. The van der Waals surface area contributed by atoms with Crippen LogP contribution in [0.2, 0.25) is 0 Å². The zero-order chi connectivity index (χ0) is 23.6. The number of rotatable bonds is 5. The maximum Gasteiger partial charge on any atom is 0.416 e. The topological polar surface area (TPSA) is 94.2 Å². The Bertz CT molecular complexity index is 1320. The second kappa shape index (κ2) is 8.73. The first-order chi connectivity index (χ1) is 15.7. The Labute approximate surface area is 187 Å². The lowest BCUT2D eigenvalue weighted by molar-refractivity contribution is -0.137. The number of aromatic nitrogens is 2. The minimum atomic E-state index is -4.55. The molecule has 0 aliphatic heterocycles. The fraction of sp³-hybridized carbons (Fsp3) is 0.130. The van der Waals surface area contributed by atoms with E-state index in [4.69, 9.17) is 10.5 Å². The summed E-state index contributed by atoms with van der Waals surface area (Å²) in [6.07, 6.45) is -1.04. The first-order valence-corrected chi connectivity index (χ1v) is 9.86. The summed E-state index contributed by atoms with van der Waals surface area (Å²) in [6, 6.07) is 13.1. The Balaban J connectivity index is 1.56. The fourth-order valence-corrected chi connectivity index (χ4v) is 3.52. The lowest BCUT2D eigenvalue weighted by Gasteiger charge is -2.14. The lowest BCUT2D eigenvalue weighted by atomic mass is 10.1. The van der Waals surface area contributed by atoms with Crippen molar-refractivity contribution in [3.63, 3.8) is 0 Å². The van der Waals surface area contributed by atoms with Crippen LogP contribution >= 0.6 is 0 Å². The van der Waals surface area contributed by atoms with Crippen LogP contribution in [0.5, 0.6) is 5.75 Å². The molecule has 0 fully saturated rings. The molecule has 0 radical (unpaired) electrons. The number of anilines is 3. The monoisotopic (exact) mass is 455 g/mol. The Hall–Kier alpha value is -4.21. The third-order valence-electron chi connectivity index (χ3n) is 5.04. The Kier molecular flexibility index (Phi) is 5.82. The van der Waals surface area contributed by atoms with Crippen LogP contribution in [0.4, 0.5) is 35.2 Å². The van der Waals surface area contributed by atoms with Gasteiger partial charge in [-0.25, -0.2) is 9.78 Å². The number of nitrogens with two attached hydrogens (primary N) is 1. The average molecular weight is 455 g/mol. The Morgan fingerprint density at radius 3 is 2.61 bits per heavy atom. The normalized spacial score (nSPS) is 11.4. The minimum Gasteiger partial charge on any atom is -0.495 e. The number of carbonyl (C=O) groups excluding carboxylic acids is 1. The molecule has 2 amide bonds. The van der Waals surface area contributed by atoms with Gasteiger partial charge in [0.25, 0.3) is 0 Å². The van der Waals surface area contributed by atoms with Gasteiger partial charge >= 0.3 is 12.2 Å². The van der Waals surface area contributed by atoms with Crippen LogP contribution in [-0.2, 0) is 12.7 Å². The highest BCUT2D eigenvalue weighted by atomic mass is 19.4. The van der Waals surface area contributed by atoms with Crippen LogP contribution in [0.15, 0.2) is 67.0 Å². The van der Waals surface area contributed by atoms with Crippen LogP contribution in [0.25, 0.3) is 10.9 Å². The second-order valence-electron chi connectivity index (χ2n) is 7.26. The molecule has 33 heavy (non-hydrogen) atoms. The minimum absolute atomic E-state index is 0.0927. The summed E-state index contributed by atoms with van der Waals surface area (Å²) in [6.45, 7) is 0.549. The van der Waals surface area contributed by atoms with Gasteiger partial charge in [-0.3, -0.25) is 0 Å². The van der Waals surface area contributed by atoms with Gasteiger partial charge in [-0.15, -0.1) is 0 Å². The van der Waals surface area contributed by atoms with E-state index in [0.717, 1.165) is 34.7 Å². The summed E-state index contributed by atoms with van der Waals surface area (Å²) in [5.74, 6) is 0.534. The molecule has 170 valence electrons. The summed E-state index contributed by atoms with van der Waals surface area (Å²) in [4.78, 5) is 16.6. The van der Waals surface area contributed by atoms with E-state index in [1.54, 1.807) is 24.4 Å². The first kappa shape index (κ1) is 22.0. The number of methoxy groups -OCH3 is 1. The number of hydrogen-bond donors (Lipinski definition) is 3. The van der Waals surface area contributed by atoms with E-state index in [1.165, 1.54) is 7.11 Å². The molecule has 0 spiro atoms. The Morgan fingerprint density at radius 2 is 1.88 bits per heavy atom. The SMILES string of the molecule is COc1ccc(C(F)(F)F)cc1NC(=O)Nc1cccc2c1ccn2Cc1ccnc(N)c1. The van der Waals surface area contributed by atoms with Crippen LogP contribution in [0.1, 0.15) is 11.1 Å². The van der Waals surface area contributed by atoms with Crippen molar-refractivity contribution in [2.75, 3.05) is 23.5 Å². The zero-order valence-electron chi connectivity index (χ0n) is 17.5. The van der Waals surface area contributed by atoms with Crippen molar-refractivity contribution in [1.29, 1.82) is 0 Å². The van der Waals surface area contributed by atoms with E-state index in [9.17, 15) is 18.0 Å². The largest absolute Gasteiger partial charge is 0.495 e. The number of carbonyl (C=O) groups is 1. The molecule has 0 bridgehead atoms. The van der Waals surface area contributed by atoms with E-state index in [0.29, 0.717) is 18.1 Å². The number of benzene rings is 2. The van der Waals surface area contributed by atoms with E-state index in [2.05, 4.69) is 15.6 Å². The van der Waals surface area contributed by atoms with Gasteiger partial charge in [-0.2, -0.15) is 13.2 Å². The van der Waals surface area contributed by atoms with Crippen molar-refractivity contribution in [1.82, 2.24) is 9.55 Å². The van der Waals surface area contributed by atoms with Crippen molar-refractivity contribution in [3.8, 4) is 5.75 Å². The molecule has 4 aromatic rings. The summed E-state index contributed by atoms with van der Waals surface area (Å²) in [5.41, 5.74) is 7.09. The molecule has 10 heteroatoms. The van der Waals surface area contributed by atoms with Crippen molar-refractivity contribution < 1.29 is 22.7 Å². The number of nitrogens with zero attached hydrogens (tertiary/aromatic N) is 2. The summed E-state index contributed by atoms with van der Waals surface area (Å²) in [5, 5.41) is 5.91. The maximum absolute atomic E-state index is 13.1. The highest BCUT2D eigenvalue weighted by Gasteiger charge is 2.31. The van der Waals surface area contributed by atoms with Crippen LogP contribution in [0.3, 0.4) is 0 Å². The predicted molar refractivity (Wildman–Crippen MR) is 120 cm³/mol. The molecule has 0 saturated heterocycles. The smallest absolute Gasteiger partial charge is 0.416 e. The van der Waals surface area contributed by atoms with Gasteiger partial charge in [0, 0.05) is 24.3 Å². The summed E-state index contributed by atoms with van der Waals surface area (Å²) < 4.78 is 46.2. The number of amides is 2. The molecule has 0 unspecified atom stereocenters. The number of nitrogen functional groups attached to an aromatic ring is 1.